The van der Waals surface area contributed by atoms with E-state index in [-0.39, 0.29) is 29.5 Å². The van der Waals surface area contributed by atoms with Crippen LogP contribution in [0.5, 0.6) is 5.75 Å². The van der Waals surface area contributed by atoms with Gasteiger partial charge in [0.1, 0.15) is 11.3 Å². The zero-order chi connectivity index (χ0) is 16.8. The first kappa shape index (κ1) is 21.5. The van der Waals surface area contributed by atoms with Crippen molar-refractivity contribution >= 4 is 35.9 Å². The van der Waals surface area contributed by atoms with Crippen molar-refractivity contribution in [1.82, 2.24) is 10.6 Å². The number of nitrogens with zero attached hydrogens (tertiary/aromatic N) is 1. The Kier molecular flexibility index (Phi) is 8.96. The third kappa shape index (κ3) is 7.06. The van der Waals surface area contributed by atoms with E-state index < -0.39 is 5.97 Å². The Labute approximate surface area is 155 Å². The summed E-state index contributed by atoms with van der Waals surface area (Å²) in [6.45, 7) is 6.71. The molecule has 0 radical (unpaired) electrons. The molecule has 0 atom stereocenters. The van der Waals surface area contributed by atoms with Crippen molar-refractivity contribution in [2.45, 2.75) is 32.9 Å². The monoisotopic (exact) mass is 435 g/mol. The molecule has 0 spiro atoms. The summed E-state index contributed by atoms with van der Waals surface area (Å²) in [5, 5.41) is 6.48. The molecule has 0 aliphatic heterocycles. The molecule has 0 saturated heterocycles. The van der Waals surface area contributed by atoms with Crippen LogP contribution in [0.4, 0.5) is 0 Å². The Hall–Kier alpha value is -1.51. The van der Waals surface area contributed by atoms with Crippen LogP contribution in [0.1, 0.15) is 36.7 Å². The standard InChI is InChI=1S/C16H25N3O3.HI/c1-16(2,3)19-15(17-4)18-10-11-7-8-13(21-5)12(9-11)14(20)22-6;/h7-9H,10H2,1-6H3,(H2,17,18,19);1H. The molecule has 0 aromatic heterocycles. The largest absolute Gasteiger partial charge is 0.496 e. The molecule has 0 fully saturated rings. The van der Waals surface area contributed by atoms with E-state index in [1.165, 1.54) is 14.2 Å². The van der Waals surface area contributed by atoms with Gasteiger partial charge in [0, 0.05) is 19.1 Å². The average molecular weight is 435 g/mol. The molecule has 7 heteroatoms. The molecule has 0 unspecified atom stereocenters. The minimum Gasteiger partial charge on any atom is -0.496 e. The van der Waals surface area contributed by atoms with Crippen LogP contribution in [0.2, 0.25) is 0 Å². The Morgan fingerprint density at radius 2 is 1.91 bits per heavy atom. The van der Waals surface area contributed by atoms with Gasteiger partial charge in [0.2, 0.25) is 0 Å². The van der Waals surface area contributed by atoms with Gasteiger partial charge in [0.05, 0.1) is 14.2 Å². The summed E-state index contributed by atoms with van der Waals surface area (Å²) in [5.74, 6) is 0.770. The van der Waals surface area contributed by atoms with Crippen molar-refractivity contribution in [3.8, 4) is 5.75 Å². The molecule has 130 valence electrons. The third-order valence-corrected chi connectivity index (χ3v) is 2.85. The Morgan fingerprint density at radius 3 is 2.39 bits per heavy atom. The fraction of sp³-hybridized carbons (Fsp3) is 0.500. The van der Waals surface area contributed by atoms with E-state index in [2.05, 4.69) is 36.4 Å². The first-order valence-corrected chi connectivity index (χ1v) is 7.04. The zero-order valence-corrected chi connectivity index (χ0v) is 16.8. The minimum atomic E-state index is -0.420. The summed E-state index contributed by atoms with van der Waals surface area (Å²) in [4.78, 5) is 15.9. The molecule has 0 amide bonds. The molecular weight excluding hydrogens is 409 g/mol. The molecule has 2 N–H and O–H groups in total. The molecule has 1 rings (SSSR count). The fourth-order valence-electron chi connectivity index (χ4n) is 1.85. The highest BCUT2D eigenvalue weighted by Gasteiger charge is 2.14. The lowest BCUT2D eigenvalue weighted by molar-refractivity contribution is 0.0597. The second-order valence-electron chi connectivity index (χ2n) is 5.83. The second-order valence-corrected chi connectivity index (χ2v) is 5.83. The maximum absolute atomic E-state index is 11.8. The van der Waals surface area contributed by atoms with Crippen molar-refractivity contribution < 1.29 is 14.3 Å². The molecule has 0 bridgehead atoms. The summed E-state index contributed by atoms with van der Waals surface area (Å²) in [6.07, 6.45) is 0. The highest BCUT2D eigenvalue weighted by atomic mass is 127. The van der Waals surface area contributed by atoms with E-state index in [9.17, 15) is 4.79 Å². The first-order valence-electron chi connectivity index (χ1n) is 7.04. The number of halogens is 1. The van der Waals surface area contributed by atoms with Crippen LogP contribution in [0.3, 0.4) is 0 Å². The number of hydrogen-bond acceptors (Lipinski definition) is 4. The predicted molar refractivity (Wildman–Crippen MR) is 103 cm³/mol. The van der Waals surface area contributed by atoms with Crippen LogP contribution in [0.25, 0.3) is 0 Å². The van der Waals surface area contributed by atoms with E-state index in [4.69, 9.17) is 9.47 Å². The average Bonchev–Trinajstić information content (AvgIpc) is 2.49. The van der Waals surface area contributed by atoms with E-state index in [0.29, 0.717) is 23.8 Å². The normalized spacial score (nSPS) is 11.3. The van der Waals surface area contributed by atoms with Crippen molar-refractivity contribution in [3.63, 3.8) is 0 Å². The van der Waals surface area contributed by atoms with E-state index in [1.807, 2.05) is 6.07 Å². The summed E-state index contributed by atoms with van der Waals surface area (Å²) in [6, 6.07) is 5.40. The van der Waals surface area contributed by atoms with Gasteiger partial charge in [-0.3, -0.25) is 4.99 Å². The maximum atomic E-state index is 11.8. The van der Waals surface area contributed by atoms with Crippen molar-refractivity contribution in [2.24, 2.45) is 4.99 Å². The molecule has 1 aromatic carbocycles. The number of methoxy groups -OCH3 is 2. The van der Waals surface area contributed by atoms with Crippen molar-refractivity contribution in [1.29, 1.82) is 0 Å². The number of esters is 1. The van der Waals surface area contributed by atoms with E-state index in [1.54, 1.807) is 19.2 Å². The lowest BCUT2D eigenvalue weighted by Crippen LogP contribution is -2.47. The van der Waals surface area contributed by atoms with Gasteiger partial charge < -0.3 is 20.1 Å². The lowest BCUT2D eigenvalue weighted by Gasteiger charge is -2.23. The topological polar surface area (TPSA) is 72.0 Å². The van der Waals surface area contributed by atoms with Gasteiger partial charge in [0.15, 0.2) is 5.96 Å². The number of guanidine groups is 1. The fourth-order valence-corrected chi connectivity index (χ4v) is 1.85. The second kappa shape index (κ2) is 9.59. The Bertz CT molecular complexity index is 554. The molecule has 0 heterocycles. The molecule has 0 saturated carbocycles. The van der Waals surface area contributed by atoms with Crippen LogP contribution in [-0.2, 0) is 11.3 Å². The smallest absolute Gasteiger partial charge is 0.341 e. The van der Waals surface area contributed by atoms with Gasteiger partial charge in [-0.15, -0.1) is 24.0 Å². The summed E-state index contributed by atoms with van der Waals surface area (Å²) >= 11 is 0. The molecule has 0 aliphatic carbocycles. The minimum absolute atomic E-state index is 0. The summed E-state index contributed by atoms with van der Waals surface area (Å²) in [5.41, 5.74) is 1.25. The number of aliphatic imine (C=N–C) groups is 1. The van der Waals surface area contributed by atoms with Gasteiger partial charge >= 0.3 is 5.97 Å². The molecule has 1 aromatic rings. The highest BCUT2D eigenvalue weighted by Crippen LogP contribution is 2.20. The summed E-state index contributed by atoms with van der Waals surface area (Å²) in [7, 11) is 4.59. The number of carbonyl (C=O) groups excluding carboxylic acids is 1. The third-order valence-electron chi connectivity index (χ3n) is 2.85. The molecule has 23 heavy (non-hydrogen) atoms. The van der Waals surface area contributed by atoms with E-state index >= 15 is 0 Å². The van der Waals surface area contributed by atoms with Gasteiger partial charge in [-0.05, 0) is 38.5 Å². The van der Waals surface area contributed by atoms with E-state index in [0.717, 1.165) is 5.56 Å². The van der Waals surface area contributed by atoms with Crippen LogP contribution in [0.15, 0.2) is 23.2 Å². The van der Waals surface area contributed by atoms with Crippen LogP contribution in [-0.4, -0.2) is 38.7 Å². The predicted octanol–water partition coefficient (Wildman–Crippen LogP) is 2.56. The van der Waals surface area contributed by atoms with Gasteiger partial charge in [-0.25, -0.2) is 4.79 Å². The Morgan fingerprint density at radius 1 is 1.26 bits per heavy atom. The zero-order valence-electron chi connectivity index (χ0n) is 14.5. The van der Waals surface area contributed by atoms with Crippen molar-refractivity contribution in [2.75, 3.05) is 21.3 Å². The van der Waals surface area contributed by atoms with Crippen LogP contribution in [0, 0.1) is 0 Å². The number of nitrogens with one attached hydrogen (secondary N) is 2. The number of carbonyl (C=O) groups is 1. The van der Waals surface area contributed by atoms with Gasteiger partial charge in [0.25, 0.3) is 0 Å². The summed E-state index contributed by atoms with van der Waals surface area (Å²) < 4.78 is 9.95. The highest BCUT2D eigenvalue weighted by molar-refractivity contribution is 14.0. The number of ether oxygens (including phenoxy) is 2. The SMILES string of the molecule is CN=C(NCc1ccc(OC)c(C(=O)OC)c1)NC(C)(C)C.I. The first-order chi connectivity index (χ1) is 10.3. The molecule has 6 nitrogen and oxygen atoms in total. The van der Waals surface area contributed by atoms with Crippen LogP contribution < -0.4 is 15.4 Å². The van der Waals surface area contributed by atoms with Gasteiger partial charge in [-0.2, -0.15) is 0 Å². The number of rotatable bonds is 4. The van der Waals surface area contributed by atoms with Crippen molar-refractivity contribution in [3.05, 3.63) is 29.3 Å². The lowest BCUT2D eigenvalue weighted by atomic mass is 10.1. The Balaban J connectivity index is 0.00000484. The maximum Gasteiger partial charge on any atom is 0.341 e. The molecular formula is C16H26IN3O3. The van der Waals surface area contributed by atoms with Crippen LogP contribution >= 0.6 is 24.0 Å². The quantitative estimate of drug-likeness (QED) is 0.329. The number of benzene rings is 1. The molecule has 0 aliphatic rings. The van der Waals surface area contributed by atoms with Gasteiger partial charge in [-0.1, -0.05) is 6.07 Å². The number of hydrogen-bond donors (Lipinski definition) is 2.